The number of aryl methyl sites for hydroxylation is 1. The standard InChI is InChI=1S/C20H30ClN3O/c1-5-6-12-20(19-22-13-15-24(19)4,25-16-9-14-23(2)3)17-10-7-8-11-18(17)21/h7-8,10-11,13,15H,5-6,9,12,14,16H2,1-4H3. The average molecular weight is 364 g/mol. The number of imidazole rings is 1. The Balaban J connectivity index is 2.43. The second kappa shape index (κ2) is 9.37. The lowest BCUT2D eigenvalue weighted by Crippen LogP contribution is -2.35. The molecule has 5 heteroatoms. The van der Waals surface area contributed by atoms with Crippen LogP contribution in [-0.2, 0) is 17.4 Å². The summed E-state index contributed by atoms with van der Waals surface area (Å²) in [5.74, 6) is 0.916. The molecule has 0 aliphatic heterocycles. The van der Waals surface area contributed by atoms with E-state index in [-0.39, 0.29) is 0 Å². The lowest BCUT2D eigenvalue weighted by Gasteiger charge is -2.35. The van der Waals surface area contributed by atoms with Gasteiger partial charge in [-0.05, 0) is 39.5 Å². The predicted octanol–water partition coefficient (Wildman–Crippen LogP) is 4.48. The fraction of sp³-hybridized carbons (Fsp3) is 0.550. The summed E-state index contributed by atoms with van der Waals surface area (Å²) in [4.78, 5) is 6.82. The summed E-state index contributed by atoms with van der Waals surface area (Å²) in [7, 11) is 6.18. The van der Waals surface area contributed by atoms with Gasteiger partial charge in [0.1, 0.15) is 5.82 Å². The molecule has 2 aromatic rings. The van der Waals surface area contributed by atoms with Crippen molar-refractivity contribution in [1.82, 2.24) is 14.5 Å². The molecule has 0 spiro atoms. The van der Waals surface area contributed by atoms with Gasteiger partial charge in [-0.3, -0.25) is 0 Å². The van der Waals surface area contributed by atoms with Gasteiger partial charge in [0.25, 0.3) is 0 Å². The van der Waals surface area contributed by atoms with Crippen molar-refractivity contribution >= 4 is 11.6 Å². The first-order chi connectivity index (χ1) is 12.0. The van der Waals surface area contributed by atoms with Gasteiger partial charge < -0.3 is 14.2 Å². The van der Waals surface area contributed by atoms with E-state index in [9.17, 15) is 0 Å². The molecular formula is C20H30ClN3O. The van der Waals surface area contributed by atoms with E-state index < -0.39 is 5.60 Å². The van der Waals surface area contributed by atoms with Crippen molar-refractivity contribution in [3.8, 4) is 0 Å². The molecule has 1 unspecified atom stereocenters. The fourth-order valence-electron chi connectivity index (χ4n) is 3.18. The van der Waals surface area contributed by atoms with Crippen LogP contribution in [0.1, 0.15) is 44.0 Å². The van der Waals surface area contributed by atoms with E-state index in [1.54, 1.807) is 0 Å². The van der Waals surface area contributed by atoms with E-state index in [0.717, 1.165) is 48.6 Å². The van der Waals surface area contributed by atoms with Gasteiger partial charge in [-0.15, -0.1) is 0 Å². The van der Waals surface area contributed by atoms with E-state index in [1.807, 2.05) is 42.2 Å². The molecule has 4 nitrogen and oxygen atoms in total. The second-order valence-corrected chi connectivity index (χ2v) is 7.18. The minimum absolute atomic E-state index is 0.612. The second-order valence-electron chi connectivity index (χ2n) is 6.78. The molecule has 1 aromatic carbocycles. The van der Waals surface area contributed by atoms with Gasteiger partial charge in [0.05, 0.1) is 0 Å². The molecule has 2 rings (SSSR count). The van der Waals surface area contributed by atoms with Gasteiger partial charge in [0, 0.05) is 36.6 Å². The Bertz CT molecular complexity index is 656. The summed E-state index contributed by atoms with van der Waals surface area (Å²) in [6.07, 6.45) is 7.77. The molecule has 0 fully saturated rings. The third kappa shape index (κ3) is 4.84. The number of ether oxygens (including phenoxy) is 1. The monoisotopic (exact) mass is 363 g/mol. The van der Waals surface area contributed by atoms with Crippen molar-refractivity contribution in [2.24, 2.45) is 7.05 Å². The maximum absolute atomic E-state index is 6.59. The molecule has 1 heterocycles. The first-order valence-electron chi connectivity index (χ1n) is 9.02. The summed E-state index contributed by atoms with van der Waals surface area (Å²) in [5.41, 5.74) is 0.392. The van der Waals surface area contributed by atoms with Crippen molar-refractivity contribution in [1.29, 1.82) is 0 Å². The summed E-state index contributed by atoms with van der Waals surface area (Å²) < 4.78 is 8.63. The van der Waals surface area contributed by atoms with E-state index >= 15 is 0 Å². The van der Waals surface area contributed by atoms with E-state index in [2.05, 4.69) is 37.0 Å². The molecule has 138 valence electrons. The highest BCUT2D eigenvalue weighted by Gasteiger charge is 2.39. The zero-order valence-corrected chi connectivity index (χ0v) is 16.6. The maximum atomic E-state index is 6.59. The Labute approximate surface area is 156 Å². The van der Waals surface area contributed by atoms with Crippen molar-refractivity contribution in [2.45, 2.75) is 38.2 Å². The smallest absolute Gasteiger partial charge is 0.152 e. The minimum atomic E-state index is -0.612. The van der Waals surface area contributed by atoms with E-state index in [4.69, 9.17) is 16.3 Å². The molecule has 0 amide bonds. The highest BCUT2D eigenvalue weighted by Crippen LogP contribution is 2.41. The molecule has 0 aliphatic rings. The molecule has 0 bridgehead atoms. The summed E-state index contributed by atoms with van der Waals surface area (Å²) in [5, 5.41) is 0.731. The predicted molar refractivity (Wildman–Crippen MR) is 104 cm³/mol. The van der Waals surface area contributed by atoms with Gasteiger partial charge in [-0.2, -0.15) is 0 Å². The van der Waals surface area contributed by atoms with Gasteiger partial charge in [-0.1, -0.05) is 49.6 Å². The van der Waals surface area contributed by atoms with Crippen LogP contribution in [0.3, 0.4) is 0 Å². The number of unbranched alkanes of at least 4 members (excludes halogenated alkanes) is 1. The van der Waals surface area contributed by atoms with Crippen molar-refractivity contribution in [3.05, 3.63) is 53.1 Å². The van der Waals surface area contributed by atoms with Crippen LogP contribution in [0.15, 0.2) is 36.7 Å². The summed E-state index contributed by atoms with van der Waals surface area (Å²) in [6, 6.07) is 7.98. The molecule has 0 aliphatic carbocycles. The molecule has 0 radical (unpaired) electrons. The molecule has 1 aromatic heterocycles. The van der Waals surface area contributed by atoms with Crippen LogP contribution >= 0.6 is 11.6 Å². The van der Waals surface area contributed by atoms with E-state index in [1.165, 1.54) is 0 Å². The molecule has 0 saturated carbocycles. The van der Waals surface area contributed by atoms with Gasteiger partial charge in [0.15, 0.2) is 5.60 Å². The normalized spacial score (nSPS) is 14.0. The lowest BCUT2D eigenvalue weighted by molar-refractivity contribution is -0.0368. The summed E-state index contributed by atoms with van der Waals surface area (Å²) in [6.45, 7) is 3.86. The first kappa shape index (κ1) is 20.0. The van der Waals surface area contributed by atoms with Crippen LogP contribution in [0.4, 0.5) is 0 Å². The Morgan fingerprint density at radius 3 is 2.60 bits per heavy atom. The minimum Gasteiger partial charge on any atom is -0.362 e. The first-order valence-corrected chi connectivity index (χ1v) is 9.40. The molecule has 1 atom stereocenters. The highest BCUT2D eigenvalue weighted by atomic mass is 35.5. The van der Waals surface area contributed by atoms with Gasteiger partial charge >= 0.3 is 0 Å². The Kier molecular flexibility index (Phi) is 7.48. The number of hydrogen-bond acceptors (Lipinski definition) is 3. The van der Waals surface area contributed by atoms with Crippen LogP contribution in [0, 0.1) is 0 Å². The number of benzene rings is 1. The third-order valence-electron chi connectivity index (χ3n) is 4.47. The number of rotatable bonds is 10. The molecule has 25 heavy (non-hydrogen) atoms. The Hall–Kier alpha value is -1.36. The molecule has 0 saturated heterocycles. The van der Waals surface area contributed by atoms with Crippen LogP contribution in [0.25, 0.3) is 0 Å². The summed E-state index contributed by atoms with van der Waals surface area (Å²) >= 11 is 6.59. The maximum Gasteiger partial charge on any atom is 0.152 e. The Morgan fingerprint density at radius 1 is 1.24 bits per heavy atom. The topological polar surface area (TPSA) is 30.3 Å². The zero-order chi connectivity index (χ0) is 18.3. The quantitative estimate of drug-likeness (QED) is 0.583. The van der Waals surface area contributed by atoms with Crippen molar-refractivity contribution < 1.29 is 4.74 Å². The zero-order valence-electron chi connectivity index (χ0n) is 15.8. The van der Waals surface area contributed by atoms with Gasteiger partial charge in [-0.25, -0.2) is 4.98 Å². The number of hydrogen-bond donors (Lipinski definition) is 0. The number of nitrogens with zero attached hydrogens (tertiary/aromatic N) is 3. The molecule has 0 N–H and O–H groups in total. The van der Waals surface area contributed by atoms with Crippen LogP contribution < -0.4 is 0 Å². The largest absolute Gasteiger partial charge is 0.362 e. The fourth-order valence-corrected chi connectivity index (χ4v) is 3.47. The number of halogens is 1. The number of aromatic nitrogens is 2. The van der Waals surface area contributed by atoms with E-state index in [0.29, 0.717) is 6.61 Å². The SMILES string of the molecule is CCCCC(OCCCN(C)C)(c1ccccc1Cl)c1nccn1C. The van der Waals surface area contributed by atoms with Crippen molar-refractivity contribution in [2.75, 3.05) is 27.2 Å². The third-order valence-corrected chi connectivity index (χ3v) is 4.80. The van der Waals surface area contributed by atoms with Crippen LogP contribution in [-0.4, -0.2) is 41.7 Å². The average Bonchev–Trinajstić information content (AvgIpc) is 3.02. The van der Waals surface area contributed by atoms with Crippen LogP contribution in [0.5, 0.6) is 0 Å². The molecular weight excluding hydrogens is 334 g/mol. The van der Waals surface area contributed by atoms with Gasteiger partial charge in [0.2, 0.25) is 0 Å². The Morgan fingerprint density at radius 2 is 2.00 bits per heavy atom. The van der Waals surface area contributed by atoms with Crippen LogP contribution in [0.2, 0.25) is 5.02 Å². The van der Waals surface area contributed by atoms with Crippen molar-refractivity contribution in [3.63, 3.8) is 0 Å². The highest BCUT2D eigenvalue weighted by molar-refractivity contribution is 6.31. The lowest BCUT2D eigenvalue weighted by atomic mass is 9.87.